The van der Waals surface area contributed by atoms with Gasteiger partial charge >= 0.3 is 12.1 Å². The lowest BCUT2D eigenvalue weighted by atomic mass is 9.98. The van der Waals surface area contributed by atoms with Gasteiger partial charge in [0.25, 0.3) is 5.91 Å². The van der Waals surface area contributed by atoms with Gasteiger partial charge in [0.05, 0.1) is 0 Å². The second kappa shape index (κ2) is 8.33. The van der Waals surface area contributed by atoms with Crippen LogP contribution in [0.2, 0.25) is 0 Å². The number of amides is 2. The molecule has 1 saturated carbocycles. The number of hydrogen-bond donors (Lipinski definition) is 2. The van der Waals surface area contributed by atoms with E-state index in [4.69, 9.17) is 4.74 Å². The Morgan fingerprint density at radius 1 is 0.941 bits per heavy atom. The molecular weight excluding hydrogens is 432 g/mol. The first-order valence-corrected chi connectivity index (χ1v) is 11.1. The number of ether oxygens (including phenoxy) is 1. The summed E-state index contributed by atoms with van der Waals surface area (Å²) in [6.45, 7) is 0.207. The average molecular weight is 456 g/mol. The zero-order valence-electron chi connectivity index (χ0n) is 18.7. The number of hydrogen-bond acceptors (Lipinski definition) is 4. The number of carboxylic acid groups (broad SMARTS) is 1. The number of rotatable bonds is 6. The van der Waals surface area contributed by atoms with Crippen molar-refractivity contribution in [3.63, 3.8) is 0 Å². The minimum atomic E-state index is -1.10. The van der Waals surface area contributed by atoms with Gasteiger partial charge in [0, 0.05) is 24.2 Å². The Bertz CT molecular complexity index is 1230. The van der Waals surface area contributed by atoms with Crippen LogP contribution in [0.25, 0.3) is 11.1 Å². The van der Waals surface area contributed by atoms with Gasteiger partial charge in [0.2, 0.25) is 0 Å². The molecule has 34 heavy (non-hydrogen) atoms. The lowest BCUT2D eigenvalue weighted by Gasteiger charge is -2.24. The lowest BCUT2D eigenvalue weighted by molar-refractivity contribution is -0.143. The Kier molecular flexibility index (Phi) is 5.32. The summed E-state index contributed by atoms with van der Waals surface area (Å²) in [4.78, 5) is 37.9. The van der Waals surface area contributed by atoms with Crippen LogP contribution in [0.3, 0.4) is 0 Å². The molecule has 0 bridgehead atoms. The van der Waals surface area contributed by atoms with E-state index < -0.39 is 17.6 Å². The second-order valence-electron chi connectivity index (χ2n) is 8.73. The van der Waals surface area contributed by atoms with Crippen molar-refractivity contribution in [2.45, 2.75) is 24.3 Å². The number of carbonyl (C=O) groups is 3. The molecule has 0 radical (unpaired) electrons. The van der Waals surface area contributed by atoms with Crippen LogP contribution in [0.1, 0.15) is 40.2 Å². The van der Waals surface area contributed by atoms with Crippen molar-refractivity contribution < 1.29 is 24.2 Å². The van der Waals surface area contributed by atoms with Crippen molar-refractivity contribution >= 4 is 23.7 Å². The number of carboxylic acids is 1. The van der Waals surface area contributed by atoms with Gasteiger partial charge in [-0.1, -0.05) is 48.5 Å². The van der Waals surface area contributed by atoms with Gasteiger partial charge in [-0.25, -0.2) is 9.59 Å². The normalized spacial score (nSPS) is 15.1. The molecule has 0 atom stereocenters. The minimum absolute atomic E-state index is 0.0299. The van der Waals surface area contributed by atoms with Crippen molar-refractivity contribution in [2.24, 2.45) is 0 Å². The fourth-order valence-corrected chi connectivity index (χ4v) is 4.65. The van der Waals surface area contributed by atoms with Gasteiger partial charge in [-0.15, -0.1) is 0 Å². The van der Waals surface area contributed by atoms with Crippen LogP contribution in [-0.2, 0) is 9.53 Å². The first-order chi connectivity index (χ1) is 16.4. The van der Waals surface area contributed by atoms with Gasteiger partial charge in [-0.3, -0.25) is 10.1 Å². The standard InChI is InChI=1S/C27H24N2O5/c1-29(27(14-15-27)25(31)32)24(30)17-10-12-18(13-11-17)28-26(33)34-16-23-21-8-4-2-6-19(21)20-7-3-5-9-22(20)23/h2-13,23H,14-16H2,1H3,(H,28,33)(H,31,32). The number of likely N-dealkylation sites (N-methyl/N-ethyl adjacent to an activating group) is 1. The van der Waals surface area contributed by atoms with Crippen molar-refractivity contribution in [2.75, 3.05) is 19.0 Å². The molecule has 2 amide bonds. The Morgan fingerprint density at radius 3 is 2.03 bits per heavy atom. The van der Waals surface area contributed by atoms with Crippen molar-refractivity contribution in [3.8, 4) is 11.1 Å². The van der Waals surface area contributed by atoms with Gasteiger partial charge in [0.15, 0.2) is 0 Å². The van der Waals surface area contributed by atoms with E-state index in [1.54, 1.807) is 24.3 Å². The minimum Gasteiger partial charge on any atom is -0.479 e. The second-order valence-corrected chi connectivity index (χ2v) is 8.73. The molecule has 172 valence electrons. The molecule has 3 aromatic carbocycles. The first kappa shape index (κ1) is 21.7. The highest BCUT2D eigenvalue weighted by molar-refractivity contribution is 5.99. The largest absolute Gasteiger partial charge is 0.479 e. The molecule has 3 aromatic rings. The molecule has 0 aliphatic heterocycles. The number of anilines is 1. The third-order valence-electron chi connectivity index (χ3n) is 6.79. The van der Waals surface area contributed by atoms with E-state index in [2.05, 4.69) is 29.6 Å². The van der Waals surface area contributed by atoms with Gasteiger partial charge < -0.3 is 14.7 Å². The number of carbonyl (C=O) groups excluding carboxylic acids is 2. The predicted molar refractivity (Wildman–Crippen MR) is 127 cm³/mol. The monoisotopic (exact) mass is 456 g/mol. The fraction of sp³-hybridized carbons (Fsp3) is 0.222. The molecule has 7 heteroatoms. The summed E-state index contributed by atoms with van der Waals surface area (Å²) in [5, 5.41) is 12.1. The van der Waals surface area contributed by atoms with E-state index in [0.717, 1.165) is 22.3 Å². The molecule has 0 unspecified atom stereocenters. The zero-order chi connectivity index (χ0) is 23.9. The molecule has 2 N–H and O–H groups in total. The first-order valence-electron chi connectivity index (χ1n) is 11.1. The van der Waals surface area contributed by atoms with Crippen LogP contribution >= 0.6 is 0 Å². The Hall–Kier alpha value is -4.13. The van der Waals surface area contributed by atoms with Crippen LogP contribution in [0.15, 0.2) is 72.8 Å². The highest BCUT2D eigenvalue weighted by atomic mass is 16.5. The van der Waals surface area contributed by atoms with Crippen LogP contribution < -0.4 is 5.32 Å². The summed E-state index contributed by atoms with van der Waals surface area (Å²) in [5.41, 5.74) is 4.33. The summed E-state index contributed by atoms with van der Waals surface area (Å²) >= 11 is 0. The molecule has 5 rings (SSSR count). The van der Waals surface area contributed by atoms with Gasteiger partial charge in [-0.05, 0) is 59.4 Å². The van der Waals surface area contributed by atoms with Crippen molar-refractivity contribution in [1.82, 2.24) is 4.90 Å². The Labute approximate surface area is 197 Å². The van der Waals surface area contributed by atoms with Crippen LogP contribution in [0.4, 0.5) is 10.5 Å². The molecule has 0 saturated heterocycles. The summed E-state index contributed by atoms with van der Waals surface area (Å²) in [6, 6.07) is 22.6. The highest BCUT2D eigenvalue weighted by Gasteiger charge is 2.55. The maximum atomic E-state index is 12.7. The topological polar surface area (TPSA) is 95.9 Å². The molecule has 1 fully saturated rings. The van der Waals surface area contributed by atoms with E-state index in [1.165, 1.54) is 11.9 Å². The molecule has 2 aliphatic rings. The molecule has 7 nitrogen and oxygen atoms in total. The summed E-state index contributed by atoms with van der Waals surface area (Å²) in [7, 11) is 1.51. The lowest BCUT2D eigenvalue weighted by Crippen LogP contribution is -2.44. The van der Waals surface area contributed by atoms with E-state index in [-0.39, 0.29) is 18.4 Å². The van der Waals surface area contributed by atoms with E-state index in [1.807, 2.05) is 24.3 Å². The van der Waals surface area contributed by atoms with Crippen LogP contribution in [0.5, 0.6) is 0 Å². The maximum Gasteiger partial charge on any atom is 0.411 e. The Morgan fingerprint density at radius 2 is 1.50 bits per heavy atom. The number of nitrogens with one attached hydrogen (secondary N) is 1. The third kappa shape index (κ3) is 3.69. The number of nitrogens with zero attached hydrogens (tertiary/aromatic N) is 1. The van der Waals surface area contributed by atoms with Crippen molar-refractivity contribution in [3.05, 3.63) is 89.5 Å². The highest BCUT2D eigenvalue weighted by Crippen LogP contribution is 2.44. The molecular formula is C27H24N2O5. The number of fused-ring (bicyclic) bond motifs is 3. The zero-order valence-corrected chi connectivity index (χ0v) is 18.7. The van der Waals surface area contributed by atoms with Crippen molar-refractivity contribution in [1.29, 1.82) is 0 Å². The smallest absolute Gasteiger partial charge is 0.411 e. The van der Waals surface area contributed by atoms with Crippen LogP contribution in [0, 0.1) is 0 Å². The van der Waals surface area contributed by atoms with Gasteiger partial charge in [-0.2, -0.15) is 0 Å². The number of benzene rings is 3. The maximum absolute atomic E-state index is 12.7. The molecule has 2 aliphatic carbocycles. The predicted octanol–water partition coefficient (Wildman–Crippen LogP) is 4.74. The molecule has 0 aromatic heterocycles. The molecule has 0 heterocycles. The summed E-state index contributed by atoms with van der Waals surface area (Å²) in [5.74, 6) is -1.39. The van der Waals surface area contributed by atoms with E-state index >= 15 is 0 Å². The summed E-state index contributed by atoms with van der Waals surface area (Å²) in [6.07, 6.45) is 0.318. The fourth-order valence-electron chi connectivity index (χ4n) is 4.65. The molecule has 0 spiro atoms. The number of aliphatic carboxylic acids is 1. The van der Waals surface area contributed by atoms with E-state index in [9.17, 15) is 19.5 Å². The van der Waals surface area contributed by atoms with E-state index in [0.29, 0.717) is 24.1 Å². The Balaban J connectivity index is 1.21. The average Bonchev–Trinajstić information content (AvgIpc) is 3.61. The quantitative estimate of drug-likeness (QED) is 0.559. The van der Waals surface area contributed by atoms with Crippen LogP contribution in [-0.4, -0.2) is 47.2 Å². The van der Waals surface area contributed by atoms with Gasteiger partial charge in [0.1, 0.15) is 12.1 Å². The SMILES string of the molecule is CN(C(=O)c1ccc(NC(=O)OCC2c3ccccc3-c3ccccc32)cc1)C1(C(=O)O)CC1. The third-order valence-corrected chi connectivity index (χ3v) is 6.79. The summed E-state index contributed by atoms with van der Waals surface area (Å²) < 4.78 is 5.55.